The number of ether oxygens (including phenoxy) is 3. The summed E-state index contributed by atoms with van der Waals surface area (Å²) in [7, 11) is 0. The van der Waals surface area contributed by atoms with Gasteiger partial charge in [0.15, 0.2) is 6.10 Å². The quantitative estimate of drug-likeness (QED) is 0.0262. The first kappa shape index (κ1) is 62.4. The Morgan fingerprint density at radius 3 is 0.969 bits per heavy atom. The summed E-state index contributed by atoms with van der Waals surface area (Å²) in [6, 6.07) is 0. The summed E-state index contributed by atoms with van der Waals surface area (Å²) < 4.78 is 16.8. The van der Waals surface area contributed by atoms with Crippen LogP contribution in [0.25, 0.3) is 0 Å². The molecule has 0 bridgehead atoms. The maximum absolute atomic E-state index is 12.8. The first-order valence-electron chi connectivity index (χ1n) is 28.1. The predicted molar refractivity (Wildman–Crippen MR) is 279 cm³/mol. The van der Waals surface area contributed by atoms with Crippen LogP contribution in [0, 0.1) is 0 Å². The van der Waals surface area contributed by atoms with Gasteiger partial charge in [-0.3, -0.25) is 14.4 Å². The highest BCUT2D eigenvalue weighted by atomic mass is 16.6. The molecule has 1 atom stereocenters. The van der Waals surface area contributed by atoms with Gasteiger partial charge in [-0.2, -0.15) is 0 Å². The molecule has 0 fully saturated rings. The molecule has 0 heterocycles. The van der Waals surface area contributed by atoms with E-state index in [4.69, 9.17) is 14.2 Å². The lowest BCUT2D eigenvalue weighted by Crippen LogP contribution is -2.30. The molecule has 0 aromatic carbocycles. The van der Waals surface area contributed by atoms with E-state index >= 15 is 0 Å². The monoisotopic (exact) mass is 911 g/mol. The van der Waals surface area contributed by atoms with Crippen molar-refractivity contribution in [2.75, 3.05) is 13.2 Å². The van der Waals surface area contributed by atoms with Crippen LogP contribution in [-0.2, 0) is 28.6 Å². The van der Waals surface area contributed by atoms with E-state index in [1.165, 1.54) is 154 Å². The van der Waals surface area contributed by atoms with E-state index in [2.05, 4.69) is 69.4 Å². The van der Waals surface area contributed by atoms with Crippen molar-refractivity contribution in [2.24, 2.45) is 0 Å². The fourth-order valence-electron chi connectivity index (χ4n) is 8.10. The molecule has 0 rings (SSSR count). The molecule has 0 aromatic rings. The molecule has 0 saturated heterocycles. The van der Waals surface area contributed by atoms with E-state index in [9.17, 15) is 14.4 Å². The van der Waals surface area contributed by atoms with Gasteiger partial charge in [-0.15, -0.1) is 0 Å². The van der Waals surface area contributed by atoms with Gasteiger partial charge in [0.25, 0.3) is 0 Å². The number of rotatable bonds is 51. The second kappa shape index (κ2) is 54.0. The molecule has 0 spiro atoms. The number of carbonyl (C=O) groups excluding carboxylic acids is 3. The van der Waals surface area contributed by atoms with Crippen molar-refractivity contribution in [1.82, 2.24) is 0 Å². The molecule has 0 aliphatic rings. The minimum Gasteiger partial charge on any atom is -0.462 e. The Kier molecular flexibility index (Phi) is 51.8. The average Bonchev–Trinajstić information content (AvgIpc) is 3.30. The second-order valence-corrected chi connectivity index (χ2v) is 18.8. The Morgan fingerprint density at radius 1 is 0.323 bits per heavy atom. The van der Waals surface area contributed by atoms with Gasteiger partial charge in [0, 0.05) is 19.3 Å². The van der Waals surface area contributed by atoms with Crippen molar-refractivity contribution in [3.8, 4) is 0 Å². The van der Waals surface area contributed by atoms with Gasteiger partial charge in [-0.25, -0.2) is 0 Å². The van der Waals surface area contributed by atoms with E-state index in [1.54, 1.807) is 0 Å². The van der Waals surface area contributed by atoms with E-state index in [0.29, 0.717) is 19.3 Å². The molecule has 0 saturated carbocycles. The van der Waals surface area contributed by atoms with Gasteiger partial charge in [0.2, 0.25) is 0 Å². The zero-order chi connectivity index (χ0) is 47.2. The molecule has 0 amide bonds. The van der Waals surface area contributed by atoms with E-state index in [0.717, 1.165) is 96.3 Å². The van der Waals surface area contributed by atoms with Gasteiger partial charge in [0.05, 0.1) is 0 Å². The third-order valence-corrected chi connectivity index (χ3v) is 12.3. The van der Waals surface area contributed by atoms with Gasteiger partial charge >= 0.3 is 17.9 Å². The van der Waals surface area contributed by atoms with Gasteiger partial charge < -0.3 is 14.2 Å². The van der Waals surface area contributed by atoms with Crippen LogP contribution >= 0.6 is 0 Å². The number of allylic oxidation sites excluding steroid dienone is 8. The maximum atomic E-state index is 12.8. The van der Waals surface area contributed by atoms with Gasteiger partial charge in [-0.1, -0.05) is 243 Å². The predicted octanol–water partition coefficient (Wildman–Crippen LogP) is 18.7. The zero-order valence-corrected chi connectivity index (χ0v) is 43.3. The van der Waals surface area contributed by atoms with Crippen molar-refractivity contribution in [1.29, 1.82) is 0 Å². The fourth-order valence-corrected chi connectivity index (χ4v) is 8.10. The summed E-state index contributed by atoms with van der Waals surface area (Å²) in [5, 5.41) is 0. The van der Waals surface area contributed by atoms with Crippen LogP contribution in [0.5, 0.6) is 0 Å². The highest BCUT2D eigenvalue weighted by molar-refractivity contribution is 5.71. The molecule has 6 nitrogen and oxygen atoms in total. The largest absolute Gasteiger partial charge is 0.462 e. The third kappa shape index (κ3) is 52.2. The number of carbonyl (C=O) groups is 3. The summed E-state index contributed by atoms with van der Waals surface area (Å²) in [6.45, 7) is 6.52. The Bertz CT molecular complexity index is 1140. The van der Waals surface area contributed by atoms with Crippen molar-refractivity contribution >= 4 is 17.9 Å². The summed E-state index contributed by atoms with van der Waals surface area (Å²) in [4.78, 5) is 38.1. The first-order chi connectivity index (χ1) is 32.0. The molecule has 6 heteroatoms. The van der Waals surface area contributed by atoms with Gasteiger partial charge in [0.1, 0.15) is 13.2 Å². The van der Waals surface area contributed by atoms with Crippen molar-refractivity contribution in [3.63, 3.8) is 0 Å². The zero-order valence-electron chi connectivity index (χ0n) is 43.3. The first-order valence-corrected chi connectivity index (χ1v) is 28.1. The molecule has 0 aliphatic carbocycles. The molecular weight excluding hydrogens is 805 g/mol. The van der Waals surface area contributed by atoms with Crippen molar-refractivity contribution < 1.29 is 28.6 Å². The summed E-state index contributed by atoms with van der Waals surface area (Å²) >= 11 is 0. The number of unbranched alkanes of at least 4 members (excludes halogenated alkanes) is 32. The van der Waals surface area contributed by atoms with Crippen LogP contribution in [0.2, 0.25) is 0 Å². The molecule has 0 N–H and O–H groups in total. The van der Waals surface area contributed by atoms with E-state index in [1.807, 2.05) is 0 Å². The Morgan fingerprint density at radius 2 is 0.600 bits per heavy atom. The Labute approximate surface area is 403 Å². The molecular formula is C59H106O6. The van der Waals surface area contributed by atoms with E-state index < -0.39 is 6.10 Å². The highest BCUT2D eigenvalue weighted by Crippen LogP contribution is 2.16. The van der Waals surface area contributed by atoms with Crippen LogP contribution < -0.4 is 0 Å². The molecule has 65 heavy (non-hydrogen) atoms. The second-order valence-electron chi connectivity index (χ2n) is 18.8. The molecule has 378 valence electrons. The Hall–Kier alpha value is -2.63. The molecule has 0 aliphatic heterocycles. The van der Waals surface area contributed by atoms with Crippen LogP contribution in [0.3, 0.4) is 0 Å². The SMILES string of the molecule is CC/C=C\C/C=C\C/C=C\CCCCCC(=O)OCC(COC(=O)CCCCCCCCCCCCCCCCCCCCC)OC(=O)CCCCCCC/C=C\CCCCCCCC. The third-order valence-electron chi connectivity index (χ3n) is 12.3. The molecule has 0 aromatic heterocycles. The van der Waals surface area contributed by atoms with Crippen LogP contribution in [0.1, 0.15) is 290 Å². The summed E-state index contributed by atoms with van der Waals surface area (Å²) in [5.74, 6) is -0.910. The standard InChI is InChI=1S/C59H106O6/c1-4-7-10-13-16-19-22-25-27-28-29-30-32-34-37-40-43-46-49-52-58(61)64-55-56(54-63-57(60)51-48-45-42-39-36-33-24-21-18-15-12-9-6-3)65-59(62)53-50-47-44-41-38-35-31-26-23-20-17-14-11-8-5-2/h9,12,18,21,26,31,33,36,56H,4-8,10-11,13-17,19-20,22-25,27-30,32,34-35,37-55H2,1-3H3/b12-9-,21-18-,31-26-,36-33-. The lowest BCUT2D eigenvalue weighted by molar-refractivity contribution is -0.167. The van der Waals surface area contributed by atoms with E-state index in [-0.39, 0.29) is 31.1 Å². The fraction of sp³-hybridized carbons (Fsp3) is 0.814. The summed E-state index contributed by atoms with van der Waals surface area (Å²) in [5.41, 5.74) is 0. The smallest absolute Gasteiger partial charge is 0.306 e. The van der Waals surface area contributed by atoms with Crippen LogP contribution in [0.4, 0.5) is 0 Å². The molecule has 0 radical (unpaired) electrons. The lowest BCUT2D eigenvalue weighted by atomic mass is 10.0. The topological polar surface area (TPSA) is 78.9 Å². The number of hydrogen-bond donors (Lipinski definition) is 0. The van der Waals surface area contributed by atoms with Crippen molar-refractivity contribution in [3.05, 3.63) is 48.6 Å². The molecule has 1 unspecified atom stereocenters. The average molecular weight is 911 g/mol. The minimum absolute atomic E-state index is 0.0830. The normalized spacial score (nSPS) is 12.4. The lowest BCUT2D eigenvalue weighted by Gasteiger charge is -2.18. The summed E-state index contributed by atoms with van der Waals surface area (Å²) in [6.07, 6.45) is 65.3. The minimum atomic E-state index is -0.787. The number of hydrogen-bond acceptors (Lipinski definition) is 6. The number of esters is 3. The Balaban J connectivity index is 4.35. The maximum Gasteiger partial charge on any atom is 0.306 e. The van der Waals surface area contributed by atoms with Gasteiger partial charge in [-0.05, 0) is 77.0 Å². The van der Waals surface area contributed by atoms with Crippen LogP contribution in [0.15, 0.2) is 48.6 Å². The van der Waals surface area contributed by atoms with Crippen molar-refractivity contribution in [2.45, 2.75) is 297 Å². The highest BCUT2D eigenvalue weighted by Gasteiger charge is 2.19. The van der Waals surface area contributed by atoms with Crippen LogP contribution in [-0.4, -0.2) is 37.2 Å².